The molecule has 2 saturated heterocycles. The molecule has 4 rings (SSSR count). The SMILES string of the molecule is COc1ccc(C(=O)N2CCC(c3nc(C)ccc3C(=O)N3CCCCC3)CC2)cc1. The fourth-order valence-corrected chi connectivity index (χ4v) is 4.61. The third-order valence-corrected chi connectivity index (χ3v) is 6.44. The molecular formula is C25H31N3O3. The van der Waals surface area contributed by atoms with Gasteiger partial charge in [0.15, 0.2) is 0 Å². The van der Waals surface area contributed by atoms with Crippen molar-refractivity contribution in [2.45, 2.75) is 44.9 Å². The van der Waals surface area contributed by atoms with Gasteiger partial charge in [-0.05, 0) is 75.4 Å². The summed E-state index contributed by atoms with van der Waals surface area (Å²) in [5, 5.41) is 0. The van der Waals surface area contributed by atoms with E-state index >= 15 is 0 Å². The van der Waals surface area contributed by atoms with Crippen LogP contribution in [-0.2, 0) is 0 Å². The summed E-state index contributed by atoms with van der Waals surface area (Å²) in [7, 11) is 1.62. The van der Waals surface area contributed by atoms with Crippen molar-refractivity contribution in [3.05, 3.63) is 58.9 Å². The first-order valence-electron chi connectivity index (χ1n) is 11.3. The maximum atomic E-state index is 13.2. The highest BCUT2D eigenvalue weighted by atomic mass is 16.5. The van der Waals surface area contributed by atoms with Crippen LogP contribution in [0.15, 0.2) is 36.4 Å². The summed E-state index contributed by atoms with van der Waals surface area (Å²) in [5.74, 6) is 1.09. The van der Waals surface area contributed by atoms with Crippen molar-refractivity contribution in [2.75, 3.05) is 33.3 Å². The van der Waals surface area contributed by atoms with Gasteiger partial charge in [0.25, 0.3) is 11.8 Å². The number of ether oxygens (including phenoxy) is 1. The number of pyridine rings is 1. The van der Waals surface area contributed by atoms with Crippen molar-refractivity contribution in [3.8, 4) is 5.75 Å². The second kappa shape index (κ2) is 9.50. The highest BCUT2D eigenvalue weighted by molar-refractivity contribution is 5.96. The van der Waals surface area contributed by atoms with Gasteiger partial charge in [0, 0.05) is 43.4 Å². The van der Waals surface area contributed by atoms with E-state index in [-0.39, 0.29) is 17.7 Å². The summed E-state index contributed by atoms with van der Waals surface area (Å²) in [4.78, 5) is 34.8. The standard InChI is InChI=1S/C25H31N3O3/c1-18-6-11-22(25(30)27-14-4-3-5-15-27)23(26-18)19-12-16-28(17-13-19)24(29)20-7-9-21(31-2)10-8-20/h6-11,19H,3-5,12-17H2,1-2H3. The Labute approximate surface area is 184 Å². The number of piperidine rings is 2. The van der Waals surface area contributed by atoms with Crippen molar-refractivity contribution < 1.29 is 14.3 Å². The van der Waals surface area contributed by atoms with E-state index < -0.39 is 0 Å². The Kier molecular flexibility index (Phi) is 6.54. The van der Waals surface area contributed by atoms with Crippen molar-refractivity contribution in [1.82, 2.24) is 14.8 Å². The summed E-state index contributed by atoms with van der Waals surface area (Å²) in [6, 6.07) is 11.1. The molecule has 2 aromatic rings. The van der Waals surface area contributed by atoms with E-state index in [4.69, 9.17) is 9.72 Å². The number of hydrogen-bond donors (Lipinski definition) is 0. The lowest BCUT2D eigenvalue weighted by Gasteiger charge is -2.33. The zero-order valence-corrected chi connectivity index (χ0v) is 18.5. The molecule has 0 radical (unpaired) electrons. The first kappa shape index (κ1) is 21.3. The maximum absolute atomic E-state index is 13.2. The quantitative estimate of drug-likeness (QED) is 0.747. The van der Waals surface area contributed by atoms with Crippen LogP contribution < -0.4 is 4.74 Å². The molecule has 0 bridgehead atoms. The molecule has 1 aromatic carbocycles. The second-order valence-electron chi connectivity index (χ2n) is 8.53. The molecule has 0 spiro atoms. The van der Waals surface area contributed by atoms with Crippen LogP contribution in [0.1, 0.15) is 70.1 Å². The van der Waals surface area contributed by atoms with E-state index in [1.165, 1.54) is 6.42 Å². The van der Waals surface area contributed by atoms with Gasteiger partial charge >= 0.3 is 0 Å². The van der Waals surface area contributed by atoms with E-state index in [0.717, 1.165) is 61.5 Å². The van der Waals surface area contributed by atoms with Gasteiger partial charge in [-0.3, -0.25) is 14.6 Å². The number of hydrogen-bond acceptors (Lipinski definition) is 4. The van der Waals surface area contributed by atoms with Gasteiger partial charge < -0.3 is 14.5 Å². The zero-order valence-electron chi connectivity index (χ0n) is 18.5. The zero-order chi connectivity index (χ0) is 21.8. The Hall–Kier alpha value is -2.89. The molecule has 2 amide bonds. The molecule has 2 aliphatic rings. The van der Waals surface area contributed by atoms with E-state index in [9.17, 15) is 9.59 Å². The van der Waals surface area contributed by atoms with E-state index in [1.807, 2.05) is 53.1 Å². The number of aryl methyl sites for hydroxylation is 1. The van der Waals surface area contributed by atoms with Crippen molar-refractivity contribution in [1.29, 1.82) is 0 Å². The van der Waals surface area contributed by atoms with Crippen molar-refractivity contribution >= 4 is 11.8 Å². The number of aromatic nitrogens is 1. The first-order valence-corrected chi connectivity index (χ1v) is 11.3. The van der Waals surface area contributed by atoms with Gasteiger partial charge in [0.1, 0.15) is 5.75 Å². The van der Waals surface area contributed by atoms with Gasteiger partial charge in [-0.25, -0.2) is 0 Å². The molecule has 0 saturated carbocycles. The molecule has 0 unspecified atom stereocenters. The minimum absolute atomic E-state index is 0.0444. The van der Waals surface area contributed by atoms with E-state index in [2.05, 4.69) is 0 Å². The van der Waals surface area contributed by atoms with Crippen LogP contribution in [0.3, 0.4) is 0 Å². The highest BCUT2D eigenvalue weighted by Gasteiger charge is 2.30. The minimum atomic E-state index is 0.0444. The average Bonchev–Trinajstić information content (AvgIpc) is 2.84. The topological polar surface area (TPSA) is 62.7 Å². The van der Waals surface area contributed by atoms with Gasteiger partial charge in [-0.1, -0.05) is 0 Å². The van der Waals surface area contributed by atoms with Gasteiger partial charge in [0.2, 0.25) is 0 Å². The second-order valence-corrected chi connectivity index (χ2v) is 8.53. The first-order chi connectivity index (χ1) is 15.1. The Morgan fingerprint density at radius 1 is 0.871 bits per heavy atom. The van der Waals surface area contributed by atoms with Gasteiger partial charge in [-0.2, -0.15) is 0 Å². The molecule has 2 fully saturated rings. The molecule has 31 heavy (non-hydrogen) atoms. The number of carbonyl (C=O) groups excluding carboxylic acids is 2. The third kappa shape index (κ3) is 4.73. The lowest BCUT2D eigenvalue weighted by Crippen LogP contribution is -2.39. The number of methoxy groups -OCH3 is 1. The number of carbonyl (C=O) groups is 2. The highest BCUT2D eigenvalue weighted by Crippen LogP contribution is 2.31. The molecule has 1 aromatic heterocycles. The minimum Gasteiger partial charge on any atom is -0.497 e. The molecule has 0 aliphatic carbocycles. The molecule has 6 nitrogen and oxygen atoms in total. The van der Waals surface area contributed by atoms with Crippen molar-refractivity contribution in [2.24, 2.45) is 0 Å². The van der Waals surface area contributed by atoms with Crippen LogP contribution in [0.2, 0.25) is 0 Å². The Morgan fingerprint density at radius 3 is 2.16 bits per heavy atom. The Balaban J connectivity index is 1.46. The van der Waals surface area contributed by atoms with Crippen LogP contribution in [-0.4, -0.2) is 59.9 Å². The van der Waals surface area contributed by atoms with Crippen molar-refractivity contribution in [3.63, 3.8) is 0 Å². The summed E-state index contributed by atoms with van der Waals surface area (Å²) in [5.41, 5.74) is 3.26. The van der Waals surface area contributed by atoms with Crippen LogP contribution in [0, 0.1) is 6.92 Å². The largest absolute Gasteiger partial charge is 0.497 e. The lowest BCUT2D eigenvalue weighted by atomic mass is 9.89. The summed E-state index contributed by atoms with van der Waals surface area (Å²) in [6.45, 7) is 4.98. The van der Waals surface area contributed by atoms with Crippen LogP contribution in [0.5, 0.6) is 5.75 Å². The number of benzene rings is 1. The number of nitrogens with zero attached hydrogens (tertiary/aromatic N) is 3. The Morgan fingerprint density at radius 2 is 1.52 bits per heavy atom. The van der Waals surface area contributed by atoms with Gasteiger partial charge in [0.05, 0.1) is 18.4 Å². The van der Waals surface area contributed by atoms with Crippen LogP contribution >= 0.6 is 0 Å². The molecule has 2 aliphatic heterocycles. The maximum Gasteiger partial charge on any atom is 0.255 e. The molecule has 3 heterocycles. The van der Waals surface area contributed by atoms with E-state index in [1.54, 1.807) is 7.11 Å². The average molecular weight is 422 g/mol. The van der Waals surface area contributed by atoms with Crippen LogP contribution in [0.4, 0.5) is 0 Å². The molecule has 6 heteroatoms. The lowest BCUT2D eigenvalue weighted by molar-refractivity contribution is 0.0695. The molecular weight excluding hydrogens is 390 g/mol. The van der Waals surface area contributed by atoms with E-state index in [0.29, 0.717) is 18.7 Å². The number of likely N-dealkylation sites (tertiary alicyclic amines) is 2. The predicted molar refractivity (Wildman–Crippen MR) is 120 cm³/mol. The smallest absolute Gasteiger partial charge is 0.255 e. The normalized spacial score (nSPS) is 17.5. The summed E-state index contributed by atoms with van der Waals surface area (Å²) in [6.07, 6.45) is 4.99. The summed E-state index contributed by atoms with van der Waals surface area (Å²) < 4.78 is 5.18. The summed E-state index contributed by atoms with van der Waals surface area (Å²) >= 11 is 0. The number of rotatable bonds is 4. The number of amides is 2. The predicted octanol–water partition coefficient (Wildman–Crippen LogP) is 4.04. The van der Waals surface area contributed by atoms with Crippen LogP contribution in [0.25, 0.3) is 0 Å². The molecule has 164 valence electrons. The fraction of sp³-hybridized carbons (Fsp3) is 0.480. The fourth-order valence-electron chi connectivity index (χ4n) is 4.61. The monoisotopic (exact) mass is 421 g/mol. The van der Waals surface area contributed by atoms with Gasteiger partial charge in [-0.15, -0.1) is 0 Å². The Bertz CT molecular complexity index is 928. The molecule has 0 N–H and O–H groups in total. The third-order valence-electron chi connectivity index (χ3n) is 6.44. The molecule has 0 atom stereocenters.